The van der Waals surface area contributed by atoms with E-state index >= 15 is 0 Å². The molecule has 0 aliphatic carbocycles. The van der Waals surface area contributed by atoms with Gasteiger partial charge < -0.3 is 19.3 Å². The van der Waals surface area contributed by atoms with Crippen molar-refractivity contribution in [3.05, 3.63) is 17.5 Å². The minimum Gasteiger partial charge on any atom is -0.378 e. The fourth-order valence-electron chi connectivity index (χ4n) is 4.71. The summed E-state index contributed by atoms with van der Waals surface area (Å²) in [5, 5.41) is 1.96. The molecule has 1 saturated heterocycles. The minimum absolute atomic E-state index is 0.131. The molecule has 10 heteroatoms. The Labute approximate surface area is 208 Å². The van der Waals surface area contributed by atoms with Crippen molar-refractivity contribution < 1.29 is 14.3 Å². The maximum absolute atomic E-state index is 12.6. The van der Waals surface area contributed by atoms with Crippen molar-refractivity contribution in [2.24, 2.45) is 0 Å². The molecule has 2 aliphatic rings. The van der Waals surface area contributed by atoms with Crippen LogP contribution in [0.4, 0.5) is 5.82 Å². The number of thioether (sulfide) groups is 1. The van der Waals surface area contributed by atoms with Crippen LogP contribution < -0.4 is 4.90 Å². The lowest BCUT2D eigenvalue weighted by atomic mass is 9.90. The van der Waals surface area contributed by atoms with Gasteiger partial charge in [-0.1, -0.05) is 11.8 Å². The van der Waals surface area contributed by atoms with Crippen molar-refractivity contribution in [3.8, 4) is 0 Å². The summed E-state index contributed by atoms with van der Waals surface area (Å²) in [4.78, 5) is 32.1. The number of ether oxygens (including phenoxy) is 2. The normalized spacial score (nSPS) is 17.8. The van der Waals surface area contributed by atoms with Crippen LogP contribution in [0, 0.1) is 0 Å². The molecule has 1 fully saturated rings. The molecular formula is C24H31N5O3S2. The largest absolute Gasteiger partial charge is 0.378 e. The summed E-state index contributed by atoms with van der Waals surface area (Å²) in [5.41, 5.74) is 3.13. The second-order valence-electron chi connectivity index (χ2n) is 9.21. The summed E-state index contributed by atoms with van der Waals surface area (Å²) in [6, 6.07) is 0. The van der Waals surface area contributed by atoms with Crippen molar-refractivity contribution in [1.29, 1.82) is 0 Å². The molecule has 1 amide bonds. The van der Waals surface area contributed by atoms with Crippen LogP contribution in [-0.2, 0) is 27.3 Å². The maximum Gasteiger partial charge on any atom is 0.232 e. The first-order valence-electron chi connectivity index (χ1n) is 11.9. The van der Waals surface area contributed by atoms with Gasteiger partial charge in [-0.2, -0.15) is 0 Å². The third-order valence-corrected chi connectivity index (χ3v) is 8.72. The Balaban J connectivity index is 1.61. The van der Waals surface area contributed by atoms with E-state index in [0.717, 1.165) is 69.4 Å². The lowest BCUT2D eigenvalue weighted by Gasteiger charge is -2.36. The van der Waals surface area contributed by atoms with Gasteiger partial charge in [0, 0.05) is 43.5 Å². The molecule has 5 heterocycles. The number of aromatic nitrogens is 3. The number of hydrogen-bond donors (Lipinski definition) is 0. The van der Waals surface area contributed by atoms with E-state index in [1.807, 2.05) is 18.7 Å². The topological polar surface area (TPSA) is 80.7 Å². The van der Waals surface area contributed by atoms with E-state index in [1.165, 1.54) is 17.3 Å². The molecular weight excluding hydrogens is 470 g/mol. The van der Waals surface area contributed by atoms with Gasteiger partial charge in [-0.15, -0.1) is 11.3 Å². The van der Waals surface area contributed by atoms with E-state index in [1.54, 1.807) is 17.7 Å². The highest BCUT2D eigenvalue weighted by Gasteiger charge is 2.33. The molecule has 0 unspecified atom stereocenters. The highest BCUT2D eigenvalue weighted by Crippen LogP contribution is 2.44. The number of thiophene rings is 1. The lowest BCUT2D eigenvalue weighted by molar-refractivity contribution is -0.127. The van der Waals surface area contributed by atoms with Gasteiger partial charge in [-0.3, -0.25) is 4.79 Å². The second-order valence-corrected chi connectivity index (χ2v) is 11.2. The Hall–Kier alpha value is -2.01. The molecule has 3 aromatic rings. The molecule has 0 bridgehead atoms. The van der Waals surface area contributed by atoms with Crippen molar-refractivity contribution >= 4 is 55.3 Å². The molecule has 0 spiro atoms. The summed E-state index contributed by atoms with van der Waals surface area (Å²) >= 11 is 3.12. The zero-order valence-corrected chi connectivity index (χ0v) is 21.9. The van der Waals surface area contributed by atoms with Gasteiger partial charge in [0.1, 0.15) is 22.0 Å². The zero-order valence-electron chi connectivity index (χ0n) is 20.2. The van der Waals surface area contributed by atoms with E-state index in [-0.39, 0.29) is 11.5 Å². The summed E-state index contributed by atoms with van der Waals surface area (Å²) < 4.78 is 12.8. The summed E-state index contributed by atoms with van der Waals surface area (Å²) in [6.07, 6.45) is 2.42. The monoisotopic (exact) mass is 501 g/mol. The quantitative estimate of drug-likeness (QED) is 0.372. The second kappa shape index (κ2) is 9.56. The summed E-state index contributed by atoms with van der Waals surface area (Å²) in [6.45, 7) is 13.3. The highest BCUT2D eigenvalue weighted by atomic mass is 32.2. The first-order valence-corrected chi connectivity index (χ1v) is 13.7. The van der Waals surface area contributed by atoms with E-state index in [0.29, 0.717) is 25.6 Å². The Bertz CT molecular complexity index is 1220. The fraction of sp³-hybridized carbons (Fsp3) is 0.583. The van der Waals surface area contributed by atoms with Gasteiger partial charge in [0.25, 0.3) is 0 Å². The Kier molecular flexibility index (Phi) is 6.67. The van der Waals surface area contributed by atoms with Crippen molar-refractivity contribution in [2.45, 2.75) is 51.3 Å². The number of hydrogen-bond acceptors (Lipinski definition) is 9. The number of carbonyl (C=O) groups excluding carboxylic acids is 1. The van der Waals surface area contributed by atoms with Gasteiger partial charge in [0.05, 0.1) is 41.4 Å². The number of fused-ring (bicyclic) bond motifs is 5. The average Bonchev–Trinajstić information content (AvgIpc) is 3.22. The van der Waals surface area contributed by atoms with Gasteiger partial charge >= 0.3 is 0 Å². The molecule has 0 saturated carbocycles. The Morgan fingerprint density at radius 2 is 1.97 bits per heavy atom. The van der Waals surface area contributed by atoms with Crippen molar-refractivity contribution in [1.82, 2.24) is 19.9 Å². The third-order valence-electron chi connectivity index (χ3n) is 6.53. The summed E-state index contributed by atoms with van der Waals surface area (Å²) in [5.74, 6) is 1.51. The molecule has 0 atom stereocenters. The molecule has 0 aromatic carbocycles. The third kappa shape index (κ3) is 4.36. The smallest absolute Gasteiger partial charge is 0.232 e. The van der Waals surface area contributed by atoms with Gasteiger partial charge in [0.15, 0.2) is 0 Å². The van der Waals surface area contributed by atoms with Crippen LogP contribution in [0.15, 0.2) is 11.4 Å². The summed E-state index contributed by atoms with van der Waals surface area (Å²) in [7, 11) is 0. The molecule has 182 valence electrons. The van der Waals surface area contributed by atoms with Crippen LogP contribution in [-0.4, -0.2) is 76.5 Å². The number of carbonyl (C=O) groups is 1. The number of pyridine rings is 1. The average molecular weight is 502 g/mol. The molecule has 3 aromatic heterocycles. The first-order chi connectivity index (χ1) is 16.4. The molecule has 2 aliphatic heterocycles. The van der Waals surface area contributed by atoms with Crippen LogP contribution in [0.25, 0.3) is 20.4 Å². The highest BCUT2D eigenvalue weighted by molar-refractivity contribution is 8.00. The van der Waals surface area contributed by atoms with Gasteiger partial charge in [-0.25, -0.2) is 15.0 Å². The SMILES string of the molecule is CCN(CC)C(=O)CSc1ncnc2c1sc1nc(N3CCOCC3)c3c(c12)CC(C)(C)OC3. The molecule has 8 nitrogen and oxygen atoms in total. The number of nitrogens with zero attached hydrogens (tertiary/aromatic N) is 5. The number of morpholine rings is 1. The standard InChI is InChI=1S/C24H31N5O3S2/c1-5-28(6-2)17(30)13-33-23-20-19(25-14-26-23)18-15-11-24(3,4)32-12-16(15)21(27-22(18)34-20)29-7-9-31-10-8-29/h14H,5-13H2,1-4H3. The van der Waals surface area contributed by atoms with Gasteiger partial charge in [-0.05, 0) is 33.3 Å². The van der Waals surface area contributed by atoms with E-state index in [2.05, 4.69) is 23.7 Å². The molecule has 0 N–H and O–H groups in total. The number of anilines is 1. The zero-order chi connectivity index (χ0) is 23.9. The van der Waals surface area contributed by atoms with Gasteiger partial charge in [0.2, 0.25) is 5.91 Å². The molecule has 0 radical (unpaired) electrons. The number of rotatable bonds is 6. The first kappa shape index (κ1) is 23.7. The maximum atomic E-state index is 12.6. The van der Waals surface area contributed by atoms with Crippen molar-refractivity contribution in [3.63, 3.8) is 0 Å². The lowest BCUT2D eigenvalue weighted by Crippen LogP contribution is -2.39. The van der Waals surface area contributed by atoms with Crippen LogP contribution in [0.1, 0.15) is 38.8 Å². The van der Waals surface area contributed by atoms with E-state index in [4.69, 9.17) is 19.4 Å². The van der Waals surface area contributed by atoms with E-state index in [9.17, 15) is 4.79 Å². The predicted octanol–water partition coefficient (Wildman–Crippen LogP) is 3.89. The minimum atomic E-state index is -0.251. The van der Waals surface area contributed by atoms with Crippen LogP contribution in [0.5, 0.6) is 0 Å². The Morgan fingerprint density at radius 3 is 2.71 bits per heavy atom. The number of amides is 1. The molecule has 5 rings (SSSR count). The fourth-order valence-corrected chi connectivity index (χ4v) is 6.84. The van der Waals surface area contributed by atoms with Crippen LogP contribution in [0.3, 0.4) is 0 Å². The molecule has 34 heavy (non-hydrogen) atoms. The Morgan fingerprint density at radius 1 is 1.21 bits per heavy atom. The van der Waals surface area contributed by atoms with E-state index < -0.39 is 0 Å². The predicted molar refractivity (Wildman–Crippen MR) is 137 cm³/mol. The van der Waals surface area contributed by atoms with Crippen LogP contribution >= 0.6 is 23.1 Å². The van der Waals surface area contributed by atoms with Crippen molar-refractivity contribution in [2.75, 3.05) is 50.0 Å². The van der Waals surface area contributed by atoms with Crippen LogP contribution in [0.2, 0.25) is 0 Å².